The van der Waals surface area contributed by atoms with E-state index in [1.807, 2.05) is 20.8 Å². The number of hydrogen-bond acceptors (Lipinski definition) is 5. The van der Waals surface area contributed by atoms with E-state index < -0.39 is 28.8 Å². The SMILES string of the molecule is CC(C)(C)c1ccc(S(=O)(=O)NCC(N2CCNCC2)C(F)(F)F)s1.Cl. The van der Waals surface area contributed by atoms with E-state index in [0.717, 1.165) is 16.2 Å². The lowest BCUT2D eigenvalue weighted by molar-refractivity contribution is -0.182. The molecule has 2 rings (SSSR count). The van der Waals surface area contributed by atoms with Gasteiger partial charge in [-0.15, -0.1) is 23.7 Å². The zero-order valence-corrected chi connectivity index (χ0v) is 17.3. The second kappa shape index (κ2) is 8.74. The molecule has 0 radical (unpaired) electrons. The summed E-state index contributed by atoms with van der Waals surface area (Å²) in [6, 6.07) is 1.32. The van der Waals surface area contributed by atoms with Crippen LogP contribution in [0, 0.1) is 0 Å². The Bertz CT molecular complexity index is 681. The monoisotopic (exact) mass is 435 g/mol. The van der Waals surface area contributed by atoms with E-state index in [2.05, 4.69) is 10.0 Å². The highest BCUT2D eigenvalue weighted by atomic mass is 35.5. The van der Waals surface area contributed by atoms with Gasteiger partial charge in [-0.05, 0) is 17.5 Å². The molecular weight excluding hydrogens is 411 g/mol. The van der Waals surface area contributed by atoms with E-state index in [-0.39, 0.29) is 35.1 Å². The van der Waals surface area contributed by atoms with Crippen LogP contribution in [-0.4, -0.2) is 58.3 Å². The number of hydrogen-bond donors (Lipinski definition) is 2. The lowest BCUT2D eigenvalue weighted by Gasteiger charge is -2.35. The average molecular weight is 436 g/mol. The minimum atomic E-state index is -4.49. The molecule has 1 aliphatic heterocycles. The summed E-state index contributed by atoms with van der Waals surface area (Å²) in [5.74, 6) is 0. The van der Waals surface area contributed by atoms with Crippen molar-refractivity contribution in [3.8, 4) is 0 Å². The first-order valence-electron chi connectivity index (χ1n) is 8.03. The van der Waals surface area contributed by atoms with Crippen molar-refractivity contribution in [3.05, 3.63) is 17.0 Å². The van der Waals surface area contributed by atoms with Crippen molar-refractivity contribution in [2.24, 2.45) is 0 Å². The molecule has 1 atom stereocenters. The number of sulfonamides is 1. The van der Waals surface area contributed by atoms with Gasteiger partial charge in [-0.25, -0.2) is 13.1 Å². The summed E-state index contributed by atoms with van der Waals surface area (Å²) >= 11 is 1.09. The standard InChI is InChI=1S/C15H24F3N3O2S2.ClH/c1-14(2,3)12-4-5-13(24-12)25(22,23)20-10-11(15(16,17)18)21-8-6-19-7-9-21;/h4-5,11,19-20H,6-10H2,1-3H3;1H. The molecule has 2 heterocycles. The van der Waals surface area contributed by atoms with E-state index >= 15 is 0 Å². The van der Waals surface area contributed by atoms with Crippen LogP contribution in [0.3, 0.4) is 0 Å². The van der Waals surface area contributed by atoms with Crippen molar-refractivity contribution in [1.29, 1.82) is 0 Å². The highest BCUT2D eigenvalue weighted by molar-refractivity contribution is 7.91. The third-order valence-electron chi connectivity index (χ3n) is 4.02. The van der Waals surface area contributed by atoms with Gasteiger partial charge in [0.15, 0.2) is 0 Å². The summed E-state index contributed by atoms with van der Waals surface area (Å²) in [5, 5.41) is 2.99. The van der Waals surface area contributed by atoms with Crippen molar-refractivity contribution >= 4 is 33.8 Å². The Balaban J connectivity index is 0.00000338. The van der Waals surface area contributed by atoms with E-state index in [9.17, 15) is 21.6 Å². The molecule has 2 N–H and O–H groups in total. The molecule has 1 aliphatic rings. The Hall–Kier alpha value is -0.390. The second-order valence-corrected chi connectivity index (χ2v) is 10.1. The van der Waals surface area contributed by atoms with Crippen molar-refractivity contribution in [3.63, 3.8) is 0 Å². The number of alkyl halides is 3. The Labute approximate surface area is 162 Å². The predicted octanol–water partition coefficient (Wildman–Crippen LogP) is 2.58. The van der Waals surface area contributed by atoms with E-state index in [4.69, 9.17) is 0 Å². The summed E-state index contributed by atoms with van der Waals surface area (Å²) in [7, 11) is -3.97. The predicted molar refractivity (Wildman–Crippen MR) is 99.7 cm³/mol. The van der Waals surface area contributed by atoms with Crippen LogP contribution in [0.2, 0.25) is 0 Å². The van der Waals surface area contributed by atoms with Gasteiger partial charge in [0.1, 0.15) is 10.3 Å². The number of rotatable bonds is 5. The molecule has 1 saturated heterocycles. The Morgan fingerprint density at radius 3 is 2.27 bits per heavy atom. The summed E-state index contributed by atoms with van der Waals surface area (Å²) in [6.07, 6.45) is -4.49. The van der Waals surface area contributed by atoms with Crippen LogP contribution in [0.15, 0.2) is 16.3 Å². The third-order valence-corrected chi connectivity index (χ3v) is 7.45. The lowest BCUT2D eigenvalue weighted by Crippen LogP contribution is -2.57. The fraction of sp³-hybridized carbons (Fsp3) is 0.733. The van der Waals surface area contributed by atoms with Gasteiger partial charge in [0.25, 0.3) is 0 Å². The fourth-order valence-corrected chi connectivity index (χ4v) is 5.02. The van der Waals surface area contributed by atoms with Gasteiger partial charge in [0.05, 0.1) is 0 Å². The molecule has 1 unspecified atom stereocenters. The first-order chi connectivity index (χ1) is 11.4. The molecule has 1 aromatic heterocycles. The first-order valence-corrected chi connectivity index (χ1v) is 10.3. The molecule has 0 bridgehead atoms. The topological polar surface area (TPSA) is 61.4 Å². The largest absolute Gasteiger partial charge is 0.405 e. The molecule has 26 heavy (non-hydrogen) atoms. The highest BCUT2D eigenvalue weighted by Crippen LogP contribution is 2.32. The Morgan fingerprint density at radius 1 is 1.23 bits per heavy atom. The molecule has 0 aromatic carbocycles. The molecule has 0 saturated carbocycles. The van der Waals surface area contributed by atoms with Crippen molar-refractivity contribution in [2.75, 3.05) is 32.7 Å². The van der Waals surface area contributed by atoms with Crippen LogP contribution >= 0.6 is 23.7 Å². The molecule has 1 aromatic rings. The molecule has 5 nitrogen and oxygen atoms in total. The maximum Gasteiger partial charge on any atom is 0.405 e. The molecule has 0 aliphatic carbocycles. The molecular formula is C15H25ClF3N3O2S2. The van der Waals surface area contributed by atoms with Crippen LogP contribution < -0.4 is 10.0 Å². The lowest BCUT2D eigenvalue weighted by atomic mass is 9.95. The quantitative estimate of drug-likeness (QED) is 0.746. The van der Waals surface area contributed by atoms with Gasteiger partial charge in [-0.2, -0.15) is 13.2 Å². The summed E-state index contributed by atoms with van der Waals surface area (Å²) < 4.78 is 67.0. The Kier molecular flexibility index (Phi) is 7.95. The summed E-state index contributed by atoms with van der Waals surface area (Å²) in [5.41, 5.74) is -0.215. The Morgan fingerprint density at radius 2 is 1.81 bits per heavy atom. The molecule has 0 amide bonds. The molecule has 11 heteroatoms. The van der Waals surface area contributed by atoms with E-state index in [0.29, 0.717) is 13.1 Å². The van der Waals surface area contributed by atoms with Gasteiger partial charge < -0.3 is 5.32 Å². The van der Waals surface area contributed by atoms with E-state index in [1.165, 1.54) is 11.0 Å². The number of nitrogens with one attached hydrogen (secondary N) is 2. The molecule has 1 fully saturated rings. The van der Waals surface area contributed by atoms with Gasteiger partial charge in [-0.3, -0.25) is 4.90 Å². The first kappa shape index (κ1) is 23.6. The minimum Gasteiger partial charge on any atom is -0.314 e. The van der Waals surface area contributed by atoms with Gasteiger partial charge >= 0.3 is 6.18 Å². The van der Waals surface area contributed by atoms with E-state index in [1.54, 1.807) is 6.07 Å². The van der Waals surface area contributed by atoms with Gasteiger partial charge in [-0.1, -0.05) is 20.8 Å². The van der Waals surface area contributed by atoms with Gasteiger partial charge in [0, 0.05) is 37.6 Å². The summed E-state index contributed by atoms with van der Waals surface area (Å²) in [4.78, 5) is 2.14. The highest BCUT2D eigenvalue weighted by Gasteiger charge is 2.44. The maximum atomic E-state index is 13.3. The molecule has 0 spiro atoms. The fourth-order valence-electron chi connectivity index (χ4n) is 2.57. The number of thiophene rings is 1. The van der Waals surface area contributed by atoms with Crippen LogP contribution in [0.4, 0.5) is 13.2 Å². The number of halogens is 4. The van der Waals surface area contributed by atoms with Crippen molar-refractivity contribution < 1.29 is 21.6 Å². The number of piperazine rings is 1. The third kappa shape index (κ3) is 6.07. The van der Waals surface area contributed by atoms with Gasteiger partial charge in [0.2, 0.25) is 10.0 Å². The maximum absolute atomic E-state index is 13.3. The van der Waals surface area contributed by atoms with Crippen LogP contribution in [0.1, 0.15) is 25.6 Å². The van der Waals surface area contributed by atoms with Crippen LogP contribution in [0.5, 0.6) is 0 Å². The zero-order valence-electron chi connectivity index (χ0n) is 14.9. The number of nitrogens with zero attached hydrogens (tertiary/aromatic N) is 1. The molecule has 152 valence electrons. The normalized spacial score (nSPS) is 18.4. The summed E-state index contributed by atoms with van der Waals surface area (Å²) in [6.45, 7) is 6.55. The van der Waals surface area contributed by atoms with Crippen molar-refractivity contribution in [2.45, 2.75) is 42.6 Å². The van der Waals surface area contributed by atoms with Crippen LogP contribution in [0.25, 0.3) is 0 Å². The zero-order chi connectivity index (χ0) is 18.9. The average Bonchev–Trinajstić information content (AvgIpc) is 2.97. The van der Waals surface area contributed by atoms with Crippen molar-refractivity contribution in [1.82, 2.24) is 14.9 Å². The second-order valence-electron chi connectivity index (χ2n) is 7.06. The smallest absolute Gasteiger partial charge is 0.314 e. The minimum absolute atomic E-state index is 0. The van der Waals surface area contributed by atoms with Crippen LogP contribution in [-0.2, 0) is 15.4 Å².